The van der Waals surface area contributed by atoms with Gasteiger partial charge in [-0.05, 0) is 42.0 Å². The number of aliphatic carboxylic acids is 1. The van der Waals surface area contributed by atoms with Gasteiger partial charge in [0.15, 0.2) is 0 Å². The van der Waals surface area contributed by atoms with Crippen molar-refractivity contribution in [3.05, 3.63) is 93.9 Å². The van der Waals surface area contributed by atoms with E-state index in [0.717, 1.165) is 4.47 Å². The van der Waals surface area contributed by atoms with Crippen molar-refractivity contribution in [3.8, 4) is 0 Å². The number of aliphatic hydroxyl groups is 1. The zero-order valence-corrected chi connectivity index (χ0v) is 17.6. The average molecular weight is 482 g/mol. The lowest BCUT2D eigenvalue weighted by atomic mass is 9.99. The summed E-state index contributed by atoms with van der Waals surface area (Å²) in [6.45, 7) is 0. The molecule has 1 aliphatic heterocycles. The molecule has 0 saturated carbocycles. The van der Waals surface area contributed by atoms with Crippen LogP contribution in [0.15, 0.2) is 81.4 Å². The average Bonchev–Trinajstić information content (AvgIpc) is 3.36. The van der Waals surface area contributed by atoms with E-state index in [0.29, 0.717) is 22.6 Å². The number of ketones is 1. The number of hydrogen-bond donors (Lipinski definition) is 2. The van der Waals surface area contributed by atoms with Gasteiger partial charge in [0.25, 0.3) is 11.7 Å². The number of furan rings is 1. The molecule has 1 amide bonds. The predicted molar refractivity (Wildman–Crippen MR) is 115 cm³/mol. The van der Waals surface area contributed by atoms with Gasteiger partial charge in [0.05, 0.1) is 18.3 Å². The molecule has 0 bridgehead atoms. The molecule has 31 heavy (non-hydrogen) atoms. The third-order valence-electron chi connectivity index (χ3n) is 4.94. The first-order chi connectivity index (χ1) is 14.9. The van der Waals surface area contributed by atoms with Crippen LogP contribution in [-0.2, 0) is 20.8 Å². The topological polar surface area (TPSA) is 108 Å². The normalized spacial score (nSPS) is 17.8. The fourth-order valence-corrected chi connectivity index (χ4v) is 3.79. The molecule has 2 aromatic carbocycles. The summed E-state index contributed by atoms with van der Waals surface area (Å²) in [5.74, 6) is -2.62. The van der Waals surface area contributed by atoms with Gasteiger partial charge < -0.3 is 14.6 Å². The Morgan fingerprint density at radius 1 is 1.00 bits per heavy atom. The van der Waals surface area contributed by atoms with Crippen molar-refractivity contribution in [2.24, 2.45) is 0 Å². The molecule has 1 atom stereocenters. The second-order valence-electron chi connectivity index (χ2n) is 6.93. The molecule has 1 unspecified atom stereocenters. The fraction of sp³-hybridized carbons (Fsp3) is 0.0870. The highest BCUT2D eigenvalue weighted by Gasteiger charge is 2.48. The van der Waals surface area contributed by atoms with Crippen LogP contribution in [0.5, 0.6) is 0 Å². The van der Waals surface area contributed by atoms with E-state index in [1.54, 1.807) is 60.7 Å². The third kappa shape index (κ3) is 3.89. The SMILES string of the molecule is O=C(O)Cc1ccc(N2C(=O)C(=O)/C(=C(\O)c3ccc(Br)cc3)C2c2ccco2)cc1. The standard InChI is InChI=1S/C23H16BrNO6/c24-15-7-5-14(6-8-15)21(28)19-20(17-2-1-11-31-17)25(23(30)22(19)29)16-9-3-13(4-10-16)12-18(26)27/h1-11,20,28H,12H2,(H,26,27)/b21-19-. The molecule has 156 valence electrons. The first-order valence-electron chi connectivity index (χ1n) is 9.28. The van der Waals surface area contributed by atoms with E-state index in [1.807, 2.05) is 0 Å². The molecule has 1 aliphatic rings. The van der Waals surface area contributed by atoms with Crippen molar-refractivity contribution in [2.75, 3.05) is 4.90 Å². The smallest absolute Gasteiger partial charge is 0.307 e. The molecule has 1 aromatic heterocycles. The monoisotopic (exact) mass is 481 g/mol. The van der Waals surface area contributed by atoms with Crippen molar-refractivity contribution >= 4 is 45.0 Å². The Morgan fingerprint density at radius 2 is 1.68 bits per heavy atom. The minimum Gasteiger partial charge on any atom is -0.507 e. The van der Waals surface area contributed by atoms with Crippen molar-refractivity contribution in [1.82, 2.24) is 0 Å². The Hall–Kier alpha value is -3.65. The maximum atomic E-state index is 13.0. The molecule has 2 N–H and O–H groups in total. The van der Waals surface area contributed by atoms with Crippen molar-refractivity contribution in [3.63, 3.8) is 0 Å². The minimum atomic E-state index is -0.974. The number of nitrogens with zero attached hydrogens (tertiary/aromatic N) is 1. The molecule has 1 fully saturated rings. The highest BCUT2D eigenvalue weighted by atomic mass is 79.9. The zero-order valence-electron chi connectivity index (χ0n) is 16.0. The summed E-state index contributed by atoms with van der Waals surface area (Å²) in [6.07, 6.45) is 1.26. The van der Waals surface area contributed by atoms with Gasteiger partial charge in [-0.2, -0.15) is 0 Å². The van der Waals surface area contributed by atoms with Gasteiger partial charge in [-0.25, -0.2) is 0 Å². The number of benzene rings is 2. The van der Waals surface area contributed by atoms with Crippen molar-refractivity contribution in [2.45, 2.75) is 12.5 Å². The van der Waals surface area contributed by atoms with E-state index in [9.17, 15) is 19.5 Å². The molecule has 7 nitrogen and oxygen atoms in total. The van der Waals surface area contributed by atoms with Crippen LogP contribution in [0.3, 0.4) is 0 Å². The van der Waals surface area contributed by atoms with E-state index in [-0.39, 0.29) is 17.8 Å². The summed E-state index contributed by atoms with van der Waals surface area (Å²) in [4.78, 5) is 38.1. The van der Waals surface area contributed by atoms with Crippen LogP contribution in [0.25, 0.3) is 5.76 Å². The lowest BCUT2D eigenvalue weighted by Gasteiger charge is -2.23. The van der Waals surface area contributed by atoms with Gasteiger partial charge in [0, 0.05) is 15.7 Å². The Kier molecular flexibility index (Phi) is 5.48. The number of anilines is 1. The number of carbonyl (C=O) groups excluding carboxylic acids is 2. The molecule has 4 rings (SSSR count). The van der Waals surface area contributed by atoms with Crippen LogP contribution in [0.2, 0.25) is 0 Å². The number of carbonyl (C=O) groups is 3. The fourth-order valence-electron chi connectivity index (χ4n) is 3.53. The molecule has 2 heterocycles. The van der Waals surface area contributed by atoms with Gasteiger partial charge in [-0.3, -0.25) is 19.3 Å². The molecule has 8 heteroatoms. The summed E-state index contributed by atoms with van der Waals surface area (Å²) < 4.78 is 6.30. The molecule has 1 saturated heterocycles. The largest absolute Gasteiger partial charge is 0.507 e. The summed E-state index contributed by atoms with van der Waals surface area (Å²) in [6, 6.07) is 15.3. The lowest BCUT2D eigenvalue weighted by molar-refractivity contribution is -0.136. The van der Waals surface area contributed by atoms with E-state index in [1.165, 1.54) is 11.2 Å². The van der Waals surface area contributed by atoms with Crippen LogP contribution in [0.4, 0.5) is 5.69 Å². The molecule has 0 spiro atoms. The molecule has 3 aromatic rings. The number of amides is 1. The van der Waals surface area contributed by atoms with E-state index in [4.69, 9.17) is 9.52 Å². The number of carboxylic acids is 1. The van der Waals surface area contributed by atoms with Crippen LogP contribution in [0, 0.1) is 0 Å². The maximum absolute atomic E-state index is 13.0. The van der Waals surface area contributed by atoms with Crippen LogP contribution in [-0.4, -0.2) is 27.9 Å². The summed E-state index contributed by atoms with van der Waals surface area (Å²) in [5.41, 5.74) is 1.23. The first-order valence-corrected chi connectivity index (χ1v) is 10.1. The number of carboxylic acid groups (broad SMARTS) is 1. The van der Waals surface area contributed by atoms with Gasteiger partial charge >= 0.3 is 5.97 Å². The van der Waals surface area contributed by atoms with Gasteiger partial charge in [-0.15, -0.1) is 0 Å². The third-order valence-corrected chi connectivity index (χ3v) is 5.47. The second kappa shape index (κ2) is 8.23. The van der Waals surface area contributed by atoms with Crippen molar-refractivity contribution < 1.29 is 29.0 Å². The molecule has 0 radical (unpaired) electrons. The Labute approximate surface area is 185 Å². The highest BCUT2D eigenvalue weighted by molar-refractivity contribution is 9.10. The van der Waals surface area contributed by atoms with Gasteiger partial charge in [0.2, 0.25) is 0 Å². The van der Waals surface area contributed by atoms with Crippen LogP contribution < -0.4 is 4.90 Å². The Bertz CT molecular complexity index is 1180. The van der Waals surface area contributed by atoms with Crippen LogP contribution >= 0.6 is 15.9 Å². The minimum absolute atomic E-state index is 0.0862. The summed E-state index contributed by atoms with van der Waals surface area (Å²) in [5, 5.41) is 19.9. The number of halogens is 1. The van der Waals surface area contributed by atoms with Crippen LogP contribution in [0.1, 0.15) is 22.9 Å². The van der Waals surface area contributed by atoms with Crippen molar-refractivity contribution in [1.29, 1.82) is 0 Å². The van der Waals surface area contributed by atoms with E-state index in [2.05, 4.69) is 15.9 Å². The number of hydrogen-bond acceptors (Lipinski definition) is 5. The Morgan fingerprint density at radius 3 is 2.26 bits per heavy atom. The predicted octanol–water partition coefficient (Wildman–Crippen LogP) is 4.30. The number of Topliss-reactive ketones (excluding diaryl/α,β-unsaturated/α-hetero) is 1. The quantitative estimate of drug-likeness (QED) is 0.319. The lowest BCUT2D eigenvalue weighted by Crippen LogP contribution is -2.29. The van der Waals surface area contributed by atoms with Gasteiger partial charge in [0.1, 0.15) is 17.6 Å². The highest BCUT2D eigenvalue weighted by Crippen LogP contribution is 2.42. The van der Waals surface area contributed by atoms with E-state index >= 15 is 0 Å². The maximum Gasteiger partial charge on any atom is 0.307 e. The molecular formula is C23H16BrNO6. The summed E-state index contributed by atoms with van der Waals surface area (Å²) in [7, 11) is 0. The van der Waals surface area contributed by atoms with Gasteiger partial charge in [-0.1, -0.05) is 40.2 Å². The first kappa shape index (κ1) is 20.6. The summed E-state index contributed by atoms with van der Waals surface area (Å²) >= 11 is 3.32. The Balaban J connectivity index is 1.83. The number of aliphatic hydroxyl groups excluding tert-OH is 1. The zero-order chi connectivity index (χ0) is 22.1. The van der Waals surface area contributed by atoms with E-state index < -0.39 is 23.7 Å². The number of rotatable bonds is 5. The second-order valence-corrected chi connectivity index (χ2v) is 7.84. The molecule has 0 aliphatic carbocycles. The molecular weight excluding hydrogens is 466 g/mol.